The molecule has 0 aliphatic carbocycles. The number of aromatic nitrogens is 6. The maximum Gasteiger partial charge on any atom is 0.328 e. The Morgan fingerprint density at radius 1 is 1.19 bits per heavy atom. The molecule has 0 saturated heterocycles. The zero-order valence-electron chi connectivity index (χ0n) is 11.6. The Kier molecular flexibility index (Phi) is 3.42. The van der Waals surface area contributed by atoms with E-state index in [1.807, 2.05) is 19.1 Å². The molecular weight excluding hydrogens is 270 g/mol. The highest BCUT2D eigenvalue weighted by atomic mass is 16.5. The zero-order valence-corrected chi connectivity index (χ0v) is 11.6. The summed E-state index contributed by atoms with van der Waals surface area (Å²) in [4.78, 5) is 20.8. The second kappa shape index (κ2) is 5.53. The van der Waals surface area contributed by atoms with E-state index in [1.165, 1.54) is 0 Å². The molecule has 1 N–H and O–H groups in total. The summed E-state index contributed by atoms with van der Waals surface area (Å²) in [6, 6.07) is 3.85. The Labute approximate surface area is 120 Å². The predicted molar refractivity (Wildman–Crippen MR) is 75.5 cm³/mol. The van der Waals surface area contributed by atoms with Crippen LogP contribution in [0.5, 0.6) is 11.8 Å². The number of nitrogens with zero attached hydrogens (tertiary/aromatic N) is 6. The van der Waals surface area contributed by atoms with Gasteiger partial charge in [0.2, 0.25) is 11.9 Å². The average Bonchev–Trinajstić information content (AvgIpc) is 3.04. The normalized spacial score (nSPS) is 10.4. The number of ether oxygens (including phenoxy) is 1. The average molecular weight is 283 g/mol. The van der Waals surface area contributed by atoms with Crippen molar-refractivity contribution in [3.8, 4) is 17.7 Å². The Morgan fingerprint density at radius 3 is 2.76 bits per heavy atom. The number of hydrogen-bond donors (Lipinski definition) is 1. The number of imidazole rings is 1. The van der Waals surface area contributed by atoms with Crippen LogP contribution in [0.4, 0.5) is 5.95 Å². The lowest BCUT2D eigenvalue weighted by atomic mass is 10.4. The molecule has 21 heavy (non-hydrogen) atoms. The van der Waals surface area contributed by atoms with Crippen LogP contribution < -0.4 is 10.1 Å². The van der Waals surface area contributed by atoms with Gasteiger partial charge in [0.15, 0.2) is 0 Å². The summed E-state index contributed by atoms with van der Waals surface area (Å²) in [5.74, 6) is 1.39. The Hall–Kier alpha value is -3.03. The van der Waals surface area contributed by atoms with E-state index >= 15 is 0 Å². The smallest absolute Gasteiger partial charge is 0.328 e. The van der Waals surface area contributed by atoms with Crippen molar-refractivity contribution in [1.29, 1.82) is 0 Å². The molecule has 3 rings (SSSR count). The largest absolute Gasteiger partial charge is 0.422 e. The number of nitrogens with one attached hydrogen (secondary N) is 1. The van der Waals surface area contributed by atoms with Gasteiger partial charge in [0.1, 0.15) is 12.1 Å². The lowest BCUT2D eigenvalue weighted by Crippen LogP contribution is -2.06. The van der Waals surface area contributed by atoms with Crippen molar-refractivity contribution in [3.05, 3.63) is 42.7 Å². The quantitative estimate of drug-likeness (QED) is 0.777. The molecule has 0 aliphatic heterocycles. The fourth-order valence-corrected chi connectivity index (χ4v) is 1.62. The first-order valence-electron chi connectivity index (χ1n) is 6.27. The molecule has 0 unspecified atom stereocenters. The lowest BCUT2D eigenvalue weighted by Gasteiger charge is -2.07. The fourth-order valence-electron chi connectivity index (χ4n) is 1.62. The number of pyridine rings is 1. The molecule has 3 heterocycles. The van der Waals surface area contributed by atoms with Gasteiger partial charge in [0.25, 0.3) is 0 Å². The van der Waals surface area contributed by atoms with Gasteiger partial charge in [0.05, 0.1) is 6.20 Å². The van der Waals surface area contributed by atoms with Crippen molar-refractivity contribution in [2.45, 2.75) is 6.92 Å². The molecule has 0 radical (unpaired) electrons. The second-order valence-electron chi connectivity index (χ2n) is 4.20. The molecule has 0 fully saturated rings. The van der Waals surface area contributed by atoms with Gasteiger partial charge in [-0.15, -0.1) is 0 Å². The van der Waals surface area contributed by atoms with Crippen molar-refractivity contribution in [3.63, 3.8) is 0 Å². The first-order chi connectivity index (χ1) is 10.2. The Balaban J connectivity index is 1.94. The molecule has 0 atom stereocenters. The van der Waals surface area contributed by atoms with Crippen LogP contribution >= 0.6 is 0 Å². The summed E-state index contributed by atoms with van der Waals surface area (Å²) in [7, 11) is 1.73. The van der Waals surface area contributed by atoms with Crippen molar-refractivity contribution in [2.24, 2.45) is 0 Å². The number of rotatable bonds is 4. The molecule has 8 heteroatoms. The highest BCUT2D eigenvalue weighted by Crippen LogP contribution is 2.18. The summed E-state index contributed by atoms with van der Waals surface area (Å²) >= 11 is 0. The van der Waals surface area contributed by atoms with Crippen molar-refractivity contribution in [2.75, 3.05) is 12.4 Å². The van der Waals surface area contributed by atoms with Crippen LogP contribution in [-0.2, 0) is 0 Å². The minimum Gasteiger partial charge on any atom is -0.422 e. The van der Waals surface area contributed by atoms with E-state index in [1.54, 1.807) is 36.5 Å². The molecule has 0 amide bonds. The molecule has 0 aliphatic rings. The molecule has 0 bridgehead atoms. The van der Waals surface area contributed by atoms with Gasteiger partial charge in [-0.2, -0.15) is 15.0 Å². The number of aryl methyl sites for hydroxylation is 1. The maximum absolute atomic E-state index is 5.62. The van der Waals surface area contributed by atoms with E-state index < -0.39 is 0 Å². The third kappa shape index (κ3) is 2.94. The fraction of sp³-hybridized carbons (Fsp3) is 0.154. The monoisotopic (exact) mass is 283 g/mol. The SMILES string of the molecule is CNc1nc(Oc2ccc(C)nc2)nc(-n2ccnc2)n1. The highest BCUT2D eigenvalue weighted by Gasteiger charge is 2.09. The lowest BCUT2D eigenvalue weighted by molar-refractivity contribution is 0.437. The maximum atomic E-state index is 5.62. The molecule has 3 aromatic heterocycles. The van der Waals surface area contributed by atoms with E-state index in [2.05, 4.69) is 30.2 Å². The van der Waals surface area contributed by atoms with Crippen molar-refractivity contribution in [1.82, 2.24) is 29.5 Å². The van der Waals surface area contributed by atoms with Gasteiger partial charge in [-0.3, -0.25) is 9.55 Å². The molecule has 3 aromatic rings. The van der Waals surface area contributed by atoms with E-state index in [-0.39, 0.29) is 6.01 Å². The van der Waals surface area contributed by atoms with E-state index in [4.69, 9.17) is 4.74 Å². The van der Waals surface area contributed by atoms with Crippen molar-refractivity contribution < 1.29 is 4.74 Å². The summed E-state index contributed by atoms with van der Waals surface area (Å²) in [5.41, 5.74) is 0.910. The van der Waals surface area contributed by atoms with Crippen LogP contribution in [0.1, 0.15) is 5.69 Å². The van der Waals surface area contributed by atoms with Gasteiger partial charge in [-0.25, -0.2) is 4.98 Å². The summed E-state index contributed by atoms with van der Waals surface area (Å²) in [6.45, 7) is 1.91. The number of hydrogen-bond acceptors (Lipinski definition) is 7. The minimum atomic E-state index is 0.184. The Morgan fingerprint density at radius 2 is 2.10 bits per heavy atom. The van der Waals surface area contributed by atoms with Gasteiger partial charge >= 0.3 is 6.01 Å². The zero-order chi connectivity index (χ0) is 14.7. The molecule has 8 nitrogen and oxygen atoms in total. The highest BCUT2D eigenvalue weighted by molar-refractivity contribution is 5.31. The van der Waals surface area contributed by atoms with Crippen LogP contribution in [0.3, 0.4) is 0 Å². The van der Waals surface area contributed by atoms with E-state index in [0.29, 0.717) is 17.6 Å². The third-order valence-corrected chi connectivity index (χ3v) is 2.66. The summed E-state index contributed by atoms with van der Waals surface area (Å²) in [6.07, 6.45) is 6.61. The minimum absolute atomic E-state index is 0.184. The number of anilines is 1. The Bertz CT molecular complexity index is 725. The third-order valence-electron chi connectivity index (χ3n) is 2.66. The van der Waals surface area contributed by atoms with Crippen molar-refractivity contribution >= 4 is 5.95 Å². The van der Waals surface area contributed by atoms with Crippen LogP contribution in [0.2, 0.25) is 0 Å². The molecule has 0 spiro atoms. The van der Waals surface area contributed by atoms with Gasteiger partial charge < -0.3 is 10.1 Å². The molecule has 0 aromatic carbocycles. The summed E-state index contributed by atoms with van der Waals surface area (Å²) in [5, 5.41) is 2.87. The van der Waals surface area contributed by atoms with Crippen LogP contribution in [0, 0.1) is 6.92 Å². The first kappa shape index (κ1) is 13.0. The first-order valence-corrected chi connectivity index (χ1v) is 6.27. The standard InChI is InChI=1S/C13H13N7O/c1-9-3-4-10(7-16-9)21-13-18-11(14-2)17-12(19-13)20-6-5-15-8-20/h3-8H,1-2H3,(H,14,17,18,19). The summed E-state index contributed by atoms with van der Waals surface area (Å²) < 4.78 is 7.29. The van der Waals surface area contributed by atoms with E-state index in [0.717, 1.165) is 5.69 Å². The van der Waals surface area contributed by atoms with Gasteiger partial charge in [-0.05, 0) is 19.1 Å². The van der Waals surface area contributed by atoms with Crippen LogP contribution in [0.25, 0.3) is 5.95 Å². The van der Waals surface area contributed by atoms with Crippen LogP contribution in [0.15, 0.2) is 37.1 Å². The molecular formula is C13H13N7O. The van der Waals surface area contributed by atoms with Crippen LogP contribution in [-0.4, -0.2) is 36.5 Å². The van der Waals surface area contributed by atoms with E-state index in [9.17, 15) is 0 Å². The molecule has 0 saturated carbocycles. The van der Waals surface area contributed by atoms with Gasteiger partial charge in [0, 0.05) is 25.1 Å². The van der Waals surface area contributed by atoms with Gasteiger partial charge in [-0.1, -0.05) is 0 Å². The predicted octanol–water partition coefficient (Wildman–Crippen LogP) is 1.59. The second-order valence-corrected chi connectivity index (χ2v) is 4.20. The molecule has 106 valence electrons. The topological polar surface area (TPSA) is 90.6 Å².